The Morgan fingerprint density at radius 2 is 2.43 bits per heavy atom. The van der Waals surface area contributed by atoms with Gasteiger partial charge in [0.05, 0.1) is 0 Å². The molecule has 1 aromatic rings. The predicted octanol–water partition coefficient (Wildman–Crippen LogP) is 1.07. The fourth-order valence-electron chi connectivity index (χ4n) is 1.09. The third kappa shape index (κ3) is 3.14. The number of hydrogen-bond acceptors (Lipinski definition) is 3. The second kappa shape index (κ2) is 4.72. The molecule has 1 aromatic heterocycles. The van der Waals surface area contributed by atoms with E-state index in [1.807, 2.05) is 19.1 Å². The maximum Gasteiger partial charge on any atom is 0.227 e. The van der Waals surface area contributed by atoms with Gasteiger partial charge in [-0.25, -0.2) is 4.98 Å². The molecule has 4 heteroatoms. The molecular formula is C10H15N3O. The van der Waals surface area contributed by atoms with Crippen LogP contribution in [0.5, 0.6) is 0 Å². The normalized spacial score (nSPS) is 12.2. The van der Waals surface area contributed by atoms with E-state index in [1.165, 1.54) is 0 Å². The second-order valence-electron chi connectivity index (χ2n) is 3.40. The molecule has 0 bridgehead atoms. The van der Waals surface area contributed by atoms with Gasteiger partial charge in [-0.2, -0.15) is 0 Å². The number of rotatable bonds is 3. The molecule has 0 radical (unpaired) electrons. The third-order valence-electron chi connectivity index (χ3n) is 1.77. The number of aromatic nitrogens is 1. The molecule has 0 aliphatic heterocycles. The van der Waals surface area contributed by atoms with E-state index in [0.29, 0.717) is 12.2 Å². The van der Waals surface area contributed by atoms with Gasteiger partial charge in [-0.1, -0.05) is 6.07 Å². The molecule has 3 N–H and O–H groups in total. The monoisotopic (exact) mass is 193 g/mol. The zero-order chi connectivity index (χ0) is 10.6. The first kappa shape index (κ1) is 10.7. The highest BCUT2D eigenvalue weighted by Gasteiger charge is 2.07. The van der Waals surface area contributed by atoms with Gasteiger partial charge in [0.2, 0.25) is 5.91 Å². The number of carbonyl (C=O) groups excluding carboxylic acids is 1. The van der Waals surface area contributed by atoms with Gasteiger partial charge >= 0.3 is 0 Å². The lowest BCUT2D eigenvalue weighted by Crippen LogP contribution is -2.24. The molecule has 1 amide bonds. The van der Waals surface area contributed by atoms with Gasteiger partial charge in [0, 0.05) is 18.7 Å². The molecule has 14 heavy (non-hydrogen) atoms. The summed E-state index contributed by atoms with van der Waals surface area (Å²) in [6, 6.07) is 3.60. The van der Waals surface area contributed by atoms with E-state index in [9.17, 15) is 4.79 Å². The first-order chi connectivity index (χ1) is 6.59. The Hall–Kier alpha value is -1.42. The van der Waals surface area contributed by atoms with Crippen LogP contribution in [0.3, 0.4) is 0 Å². The molecule has 0 aliphatic rings. The average Bonchev–Trinajstić information content (AvgIpc) is 2.07. The molecule has 0 aromatic carbocycles. The molecule has 76 valence electrons. The van der Waals surface area contributed by atoms with Gasteiger partial charge in [-0.05, 0) is 25.5 Å². The van der Waals surface area contributed by atoms with E-state index < -0.39 is 0 Å². The van der Waals surface area contributed by atoms with E-state index >= 15 is 0 Å². The van der Waals surface area contributed by atoms with Crippen molar-refractivity contribution in [3.63, 3.8) is 0 Å². The maximum absolute atomic E-state index is 11.3. The maximum atomic E-state index is 11.3. The lowest BCUT2D eigenvalue weighted by molar-refractivity contribution is -0.116. The summed E-state index contributed by atoms with van der Waals surface area (Å²) >= 11 is 0. The first-order valence-corrected chi connectivity index (χ1v) is 4.56. The summed E-state index contributed by atoms with van der Waals surface area (Å²) in [5.74, 6) is 0.514. The SMILES string of the molecule is Cc1cccnc1NC(=O)CC(C)N. The fourth-order valence-corrected chi connectivity index (χ4v) is 1.09. The lowest BCUT2D eigenvalue weighted by Gasteiger charge is -2.08. The molecule has 0 fully saturated rings. The Labute approximate surface area is 83.5 Å². The smallest absolute Gasteiger partial charge is 0.227 e. The van der Waals surface area contributed by atoms with Gasteiger partial charge in [0.25, 0.3) is 0 Å². The largest absolute Gasteiger partial charge is 0.327 e. The van der Waals surface area contributed by atoms with E-state index in [-0.39, 0.29) is 11.9 Å². The van der Waals surface area contributed by atoms with Gasteiger partial charge in [0.15, 0.2) is 0 Å². The third-order valence-corrected chi connectivity index (χ3v) is 1.77. The van der Waals surface area contributed by atoms with Crippen LogP contribution in [0, 0.1) is 6.92 Å². The molecule has 0 spiro atoms. The van der Waals surface area contributed by atoms with Crippen molar-refractivity contribution in [3.8, 4) is 0 Å². The number of nitrogens with one attached hydrogen (secondary N) is 1. The van der Waals surface area contributed by atoms with E-state index in [4.69, 9.17) is 5.73 Å². The van der Waals surface area contributed by atoms with Crippen molar-refractivity contribution in [2.75, 3.05) is 5.32 Å². The number of carbonyl (C=O) groups is 1. The van der Waals surface area contributed by atoms with Crippen LogP contribution in [0.4, 0.5) is 5.82 Å². The molecule has 1 heterocycles. The molecule has 0 saturated heterocycles. The number of amides is 1. The summed E-state index contributed by atoms with van der Waals surface area (Å²) in [6.07, 6.45) is 1.96. The minimum Gasteiger partial charge on any atom is -0.327 e. The number of nitrogens with zero attached hydrogens (tertiary/aromatic N) is 1. The quantitative estimate of drug-likeness (QED) is 0.754. The van der Waals surface area contributed by atoms with Crippen molar-refractivity contribution in [2.24, 2.45) is 5.73 Å². The molecule has 1 atom stereocenters. The highest BCUT2D eigenvalue weighted by atomic mass is 16.1. The molecule has 0 saturated carbocycles. The number of nitrogens with two attached hydrogens (primary N) is 1. The zero-order valence-electron chi connectivity index (χ0n) is 8.45. The van der Waals surface area contributed by atoms with Gasteiger partial charge in [0.1, 0.15) is 5.82 Å². The second-order valence-corrected chi connectivity index (χ2v) is 3.40. The van der Waals surface area contributed by atoms with Crippen LogP contribution in [0.25, 0.3) is 0 Å². The minimum absolute atomic E-state index is 0.0956. The number of anilines is 1. The summed E-state index contributed by atoms with van der Waals surface area (Å²) in [4.78, 5) is 15.4. The Morgan fingerprint density at radius 1 is 1.71 bits per heavy atom. The fraction of sp³-hybridized carbons (Fsp3) is 0.400. The summed E-state index contributed by atoms with van der Waals surface area (Å²) < 4.78 is 0. The van der Waals surface area contributed by atoms with Crippen molar-refractivity contribution >= 4 is 11.7 Å². The Balaban J connectivity index is 2.61. The lowest BCUT2D eigenvalue weighted by atomic mass is 10.2. The zero-order valence-corrected chi connectivity index (χ0v) is 8.45. The summed E-state index contributed by atoms with van der Waals surface area (Å²) in [7, 11) is 0. The highest BCUT2D eigenvalue weighted by molar-refractivity contribution is 5.90. The van der Waals surface area contributed by atoms with Crippen molar-refractivity contribution in [2.45, 2.75) is 26.3 Å². The Morgan fingerprint density at radius 3 is 3.00 bits per heavy atom. The Kier molecular flexibility index (Phi) is 3.59. The van der Waals surface area contributed by atoms with Gasteiger partial charge in [-0.3, -0.25) is 4.79 Å². The average molecular weight is 193 g/mol. The van der Waals surface area contributed by atoms with Crippen molar-refractivity contribution in [3.05, 3.63) is 23.9 Å². The number of pyridine rings is 1. The molecule has 4 nitrogen and oxygen atoms in total. The van der Waals surface area contributed by atoms with Crippen molar-refractivity contribution < 1.29 is 4.79 Å². The van der Waals surface area contributed by atoms with Gasteiger partial charge in [-0.15, -0.1) is 0 Å². The van der Waals surface area contributed by atoms with E-state index in [0.717, 1.165) is 5.56 Å². The Bertz CT molecular complexity index is 323. The first-order valence-electron chi connectivity index (χ1n) is 4.56. The van der Waals surface area contributed by atoms with Crippen molar-refractivity contribution in [1.29, 1.82) is 0 Å². The molecule has 1 rings (SSSR count). The summed E-state index contributed by atoms with van der Waals surface area (Å²) in [5, 5.41) is 2.71. The molecular weight excluding hydrogens is 178 g/mol. The summed E-state index contributed by atoms with van der Waals surface area (Å²) in [6.45, 7) is 3.69. The highest BCUT2D eigenvalue weighted by Crippen LogP contribution is 2.09. The van der Waals surface area contributed by atoms with Crippen LogP contribution < -0.4 is 11.1 Å². The van der Waals surface area contributed by atoms with Crippen LogP contribution >= 0.6 is 0 Å². The topological polar surface area (TPSA) is 68.0 Å². The van der Waals surface area contributed by atoms with Gasteiger partial charge < -0.3 is 11.1 Å². The van der Waals surface area contributed by atoms with Crippen LogP contribution in [0.15, 0.2) is 18.3 Å². The molecule has 0 aliphatic carbocycles. The van der Waals surface area contributed by atoms with Crippen molar-refractivity contribution in [1.82, 2.24) is 4.98 Å². The van der Waals surface area contributed by atoms with Crippen LogP contribution in [0.1, 0.15) is 18.9 Å². The number of hydrogen-bond donors (Lipinski definition) is 2. The standard InChI is InChI=1S/C10H15N3O/c1-7-4-3-5-12-10(7)13-9(14)6-8(2)11/h3-5,8H,6,11H2,1-2H3,(H,12,13,14). The predicted molar refractivity (Wildman–Crippen MR) is 55.9 cm³/mol. The van der Waals surface area contributed by atoms with E-state index in [2.05, 4.69) is 10.3 Å². The van der Waals surface area contributed by atoms with Crippen LogP contribution in [0.2, 0.25) is 0 Å². The van der Waals surface area contributed by atoms with Crippen LogP contribution in [-0.2, 0) is 4.79 Å². The van der Waals surface area contributed by atoms with E-state index in [1.54, 1.807) is 13.1 Å². The number of aryl methyl sites for hydroxylation is 1. The summed E-state index contributed by atoms with van der Waals surface area (Å²) in [5.41, 5.74) is 6.45. The van der Waals surface area contributed by atoms with Crippen LogP contribution in [-0.4, -0.2) is 16.9 Å². The minimum atomic E-state index is -0.126. The molecule has 1 unspecified atom stereocenters.